The van der Waals surface area contributed by atoms with Crippen LogP contribution in [-0.4, -0.2) is 57.7 Å². The molecule has 106 valence electrons. The van der Waals surface area contributed by atoms with Crippen LogP contribution < -0.4 is 11.1 Å². The van der Waals surface area contributed by atoms with Gasteiger partial charge in [-0.25, -0.2) is 9.97 Å². The van der Waals surface area contributed by atoms with Crippen molar-refractivity contribution in [2.24, 2.45) is 0 Å². The van der Waals surface area contributed by atoms with Crippen LogP contribution in [0.2, 0.25) is 0 Å². The van der Waals surface area contributed by atoms with Crippen LogP contribution in [0.25, 0.3) is 0 Å². The van der Waals surface area contributed by atoms with Gasteiger partial charge in [-0.05, 0) is 21.0 Å². The van der Waals surface area contributed by atoms with Gasteiger partial charge in [0.2, 0.25) is 11.6 Å². The molecule has 0 saturated heterocycles. The van der Waals surface area contributed by atoms with E-state index in [0.717, 1.165) is 6.33 Å². The molecule has 0 amide bonds. The van der Waals surface area contributed by atoms with E-state index in [2.05, 4.69) is 15.3 Å². The maximum absolute atomic E-state index is 10.9. The van der Waals surface area contributed by atoms with E-state index in [4.69, 9.17) is 5.73 Å². The molecule has 1 rings (SSSR count). The number of nitrogens with zero attached hydrogens (tertiary/aromatic N) is 4. The topological polar surface area (TPSA) is 130 Å². The molecule has 1 unspecified atom stereocenters. The average Bonchev–Trinajstić information content (AvgIpc) is 2.24. The highest BCUT2D eigenvalue weighted by Crippen LogP contribution is 2.26. The number of anilines is 2. The molecule has 0 aliphatic rings. The van der Waals surface area contributed by atoms with E-state index < -0.39 is 10.5 Å². The Morgan fingerprint density at radius 3 is 2.74 bits per heavy atom. The van der Waals surface area contributed by atoms with E-state index >= 15 is 0 Å². The fourth-order valence-electron chi connectivity index (χ4n) is 1.71. The molecule has 1 atom stereocenters. The zero-order valence-electron chi connectivity index (χ0n) is 11.1. The van der Waals surface area contributed by atoms with Crippen LogP contribution >= 0.6 is 0 Å². The summed E-state index contributed by atoms with van der Waals surface area (Å²) in [5.74, 6) is -0.216. The molecule has 0 spiro atoms. The molecule has 1 aromatic rings. The van der Waals surface area contributed by atoms with Crippen LogP contribution in [0.1, 0.15) is 6.92 Å². The van der Waals surface area contributed by atoms with Crippen molar-refractivity contribution in [1.82, 2.24) is 14.9 Å². The van der Waals surface area contributed by atoms with Gasteiger partial charge in [0.05, 0.1) is 10.5 Å². The third kappa shape index (κ3) is 4.30. The molecule has 0 saturated carbocycles. The van der Waals surface area contributed by atoms with E-state index in [9.17, 15) is 15.2 Å². The summed E-state index contributed by atoms with van der Waals surface area (Å²) in [5, 5.41) is 23.7. The molecule has 0 aliphatic heterocycles. The van der Waals surface area contributed by atoms with Gasteiger partial charge in [-0.3, -0.25) is 10.1 Å². The van der Waals surface area contributed by atoms with Crippen molar-refractivity contribution < 1.29 is 10.0 Å². The fraction of sp³-hybridized carbons (Fsp3) is 0.600. The number of nitrogen functional groups attached to an aromatic ring is 1. The molecule has 4 N–H and O–H groups in total. The molecule has 1 heterocycles. The third-order valence-electron chi connectivity index (χ3n) is 2.33. The van der Waals surface area contributed by atoms with Crippen molar-refractivity contribution in [3.8, 4) is 0 Å². The highest BCUT2D eigenvalue weighted by Gasteiger charge is 2.25. The molecule has 0 bridgehead atoms. The Bertz CT molecular complexity index is 463. The minimum Gasteiger partial charge on any atom is -0.387 e. The van der Waals surface area contributed by atoms with Crippen LogP contribution in [-0.2, 0) is 0 Å². The van der Waals surface area contributed by atoms with E-state index in [1.54, 1.807) is 6.92 Å². The first-order valence-electron chi connectivity index (χ1n) is 5.59. The SMILES string of the molecule is CN(C)CC(C)(O)CNc1ncnc(N)c1[N+](=O)[O-]. The van der Waals surface area contributed by atoms with Crippen molar-refractivity contribution in [3.05, 3.63) is 16.4 Å². The molecular weight excluding hydrogens is 252 g/mol. The lowest BCUT2D eigenvalue weighted by atomic mass is 10.1. The summed E-state index contributed by atoms with van der Waals surface area (Å²) < 4.78 is 0. The number of aliphatic hydroxyl groups is 1. The van der Waals surface area contributed by atoms with Gasteiger partial charge in [-0.2, -0.15) is 0 Å². The van der Waals surface area contributed by atoms with Crippen molar-refractivity contribution in [1.29, 1.82) is 0 Å². The number of nitro groups is 1. The maximum atomic E-state index is 10.9. The average molecular weight is 270 g/mol. The molecular formula is C10H18N6O3. The van der Waals surface area contributed by atoms with Crippen molar-refractivity contribution in [2.75, 3.05) is 38.2 Å². The highest BCUT2D eigenvalue weighted by atomic mass is 16.6. The number of nitrogens with one attached hydrogen (secondary N) is 1. The second-order valence-corrected chi connectivity index (χ2v) is 4.80. The van der Waals surface area contributed by atoms with Crippen molar-refractivity contribution in [3.63, 3.8) is 0 Å². The Morgan fingerprint density at radius 2 is 2.21 bits per heavy atom. The van der Waals surface area contributed by atoms with Gasteiger partial charge < -0.3 is 21.1 Å². The number of nitrogens with two attached hydrogens (primary N) is 1. The van der Waals surface area contributed by atoms with Gasteiger partial charge in [-0.1, -0.05) is 0 Å². The van der Waals surface area contributed by atoms with Gasteiger partial charge in [0.25, 0.3) is 0 Å². The Morgan fingerprint density at radius 1 is 1.58 bits per heavy atom. The largest absolute Gasteiger partial charge is 0.387 e. The monoisotopic (exact) mass is 270 g/mol. The Balaban J connectivity index is 2.84. The summed E-state index contributed by atoms with van der Waals surface area (Å²) >= 11 is 0. The van der Waals surface area contributed by atoms with Crippen molar-refractivity contribution >= 4 is 17.3 Å². The molecule has 1 aromatic heterocycles. The van der Waals surface area contributed by atoms with Gasteiger partial charge in [0.15, 0.2) is 0 Å². The predicted octanol–water partition coefficient (Wildman–Crippen LogP) is -0.308. The first-order chi connectivity index (χ1) is 8.73. The molecule has 19 heavy (non-hydrogen) atoms. The van der Waals surface area contributed by atoms with Gasteiger partial charge in [0.1, 0.15) is 6.33 Å². The first kappa shape index (κ1) is 15.1. The van der Waals surface area contributed by atoms with Crippen LogP contribution in [0.4, 0.5) is 17.3 Å². The number of rotatable bonds is 6. The minimum atomic E-state index is -1.06. The quantitative estimate of drug-likeness (QED) is 0.474. The summed E-state index contributed by atoms with van der Waals surface area (Å²) in [4.78, 5) is 19.4. The van der Waals surface area contributed by atoms with Crippen LogP contribution in [0.3, 0.4) is 0 Å². The molecule has 0 aromatic carbocycles. The maximum Gasteiger partial charge on any atom is 0.352 e. The lowest BCUT2D eigenvalue weighted by Gasteiger charge is -2.27. The normalized spacial score (nSPS) is 14.2. The zero-order valence-corrected chi connectivity index (χ0v) is 11.1. The second-order valence-electron chi connectivity index (χ2n) is 4.80. The standard InChI is InChI=1S/C10H18N6O3/c1-10(17,5-15(2)3)4-12-9-7(16(18)19)8(11)13-6-14-9/h6,17H,4-5H2,1-3H3,(H3,11,12,13,14). The van der Waals surface area contributed by atoms with E-state index in [1.165, 1.54) is 0 Å². The molecule has 0 fully saturated rings. The number of likely N-dealkylation sites (N-methyl/N-ethyl adjacent to an activating group) is 1. The lowest BCUT2D eigenvalue weighted by molar-refractivity contribution is -0.383. The van der Waals surface area contributed by atoms with Gasteiger partial charge in [0, 0.05) is 13.1 Å². The zero-order chi connectivity index (χ0) is 14.6. The van der Waals surface area contributed by atoms with Gasteiger partial charge in [-0.15, -0.1) is 0 Å². The molecule has 9 nitrogen and oxygen atoms in total. The van der Waals surface area contributed by atoms with Crippen LogP contribution in [0, 0.1) is 10.1 Å². The number of aromatic nitrogens is 2. The third-order valence-corrected chi connectivity index (χ3v) is 2.33. The summed E-state index contributed by atoms with van der Waals surface area (Å²) in [6.45, 7) is 2.12. The molecule has 9 heteroatoms. The highest BCUT2D eigenvalue weighted by molar-refractivity contribution is 5.67. The summed E-state index contributed by atoms with van der Waals surface area (Å²) in [7, 11) is 3.64. The number of hydrogen-bond acceptors (Lipinski definition) is 8. The first-order valence-corrected chi connectivity index (χ1v) is 5.59. The minimum absolute atomic E-state index is 0.00321. The summed E-state index contributed by atoms with van der Waals surface area (Å²) in [6.07, 6.45) is 1.13. The van der Waals surface area contributed by atoms with Gasteiger partial charge >= 0.3 is 5.69 Å². The smallest absolute Gasteiger partial charge is 0.352 e. The second kappa shape index (κ2) is 5.76. The Labute approximate surface area is 110 Å². The van der Waals surface area contributed by atoms with Crippen LogP contribution in [0.15, 0.2) is 6.33 Å². The lowest BCUT2D eigenvalue weighted by Crippen LogP contribution is -2.43. The summed E-state index contributed by atoms with van der Waals surface area (Å²) in [6, 6.07) is 0. The molecule has 0 radical (unpaired) electrons. The Hall–Kier alpha value is -2.00. The van der Waals surface area contributed by atoms with Crippen molar-refractivity contribution in [2.45, 2.75) is 12.5 Å². The van der Waals surface area contributed by atoms with E-state index in [1.807, 2.05) is 19.0 Å². The summed E-state index contributed by atoms with van der Waals surface area (Å²) in [5.41, 5.74) is 3.99. The van der Waals surface area contributed by atoms with E-state index in [-0.39, 0.29) is 23.9 Å². The Kier molecular flexibility index (Phi) is 4.57. The number of hydrogen-bond donors (Lipinski definition) is 3. The fourth-order valence-corrected chi connectivity index (χ4v) is 1.71. The van der Waals surface area contributed by atoms with E-state index in [0.29, 0.717) is 6.54 Å². The van der Waals surface area contributed by atoms with Crippen LogP contribution in [0.5, 0.6) is 0 Å². The molecule has 0 aliphatic carbocycles. The predicted molar refractivity (Wildman–Crippen MR) is 70.8 cm³/mol.